The van der Waals surface area contributed by atoms with Crippen molar-refractivity contribution < 1.29 is 18.2 Å². The van der Waals surface area contributed by atoms with E-state index in [0.717, 1.165) is 111 Å². The molecule has 12 aromatic rings. The standard InChI is InChI=1S/C51H29N3O3/c1-3-13-30(14-4-1)49-52-50(31-15-5-2-6-16-31)54-51(53-49)32-25-26-37-41-27-33(34-19-11-20-38-35-17-7-9-23-43(35)55-46(34)38)28-42(48(41)57-45(37)29-32)40-22-12-21-39-36-18-8-10-24-44(36)56-47(39)40/h1-29H/p+1. The van der Waals surface area contributed by atoms with Crippen LogP contribution >= 0.6 is 0 Å². The molecular formula is C51H30N3O3+. The van der Waals surface area contributed by atoms with Gasteiger partial charge in [-0.1, -0.05) is 119 Å². The van der Waals surface area contributed by atoms with Crippen LogP contribution in [0.25, 0.3) is 122 Å². The maximum atomic E-state index is 6.96. The van der Waals surface area contributed by atoms with Crippen LogP contribution in [0.3, 0.4) is 0 Å². The molecule has 4 heterocycles. The molecule has 0 aliphatic heterocycles. The number of aromatic amines is 1. The van der Waals surface area contributed by atoms with E-state index in [0.29, 0.717) is 11.6 Å². The number of rotatable bonds is 5. The van der Waals surface area contributed by atoms with Crippen LogP contribution in [0.5, 0.6) is 0 Å². The first kappa shape index (κ1) is 31.5. The monoisotopic (exact) mass is 732 g/mol. The zero-order chi connectivity index (χ0) is 37.5. The summed E-state index contributed by atoms with van der Waals surface area (Å²) in [4.78, 5) is 13.5. The number of para-hydroxylation sites is 4. The molecular weight excluding hydrogens is 703 g/mol. The fraction of sp³-hybridized carbons (Fsp3) is 0. The Morgan fingerprint density at radius 3 is 1.54 bits per heavy atom. The van der Waals surface area contributed by atoms with Gasteiger partial charge in [-0.25, -0.2) is 4.98 Å². The predicted octanol–water partition coefficient (Wildman–Crippen LogP) is 13.3. The van der Waals surface area contributed by atoms with Gasteiger partial charge in [0.05, 0.1) is 16.7 Å². The largest absolute Gasteiger partial charge is 0.455 e. The normalized spacial score (nSPS) is 11.9. The molecule has 266 valence electrons. The van der Waals surface area contributed by atoms with Gasteiger partial charge in [0.1, 0.15) is 33.5 Å². The molecule has 4 aromatic heterocycles. The first-order chi connectivity index (χ1) is 28.2. The Balaban J connectivity index is 1.11. The summed E-state index contributed by atoms with van der Waals surface area (Å²) in [6.45, 7) is 0. The van der Waals surface area contributed by atoms with Crippen molar-refractivity contribution in [3.8, 4) is 56.4 Å². The van der Waals surface area contributed by atoms with Crippen LogP contribution in [-0.4, -0.2) is 9.97 Å². The molecule has 0 bridgehead atoms. The molecule has 0 saturated carbocycles. The first-order valence-electron chi connectivity index (χ1n) is 19.0. The number of nitrogens with one attached hydrogen (secondary N) is 1. The summed E-state index contributed by atoms with van der Waals surface area (Å²) >= 11 is 0. The van der Waals surface area contributed by atoms with E-state index in [2.05, 4.69) is 89.9 Å². The molecule has 0 amide bonds. The number of H-pyrrole nitrogens is 1. The number of hydrogen-bond donors (Lipinski definition) is 0. The number of nitrogens with zero attached hydrogens (tertiary/aromatic N) is 2. The van der Waals surface area contributed by atoms with Gasteiger partial charge < -0.3 is 13.3 Å². The van der Waals surface area contributed by atoms with Gasteiger partial charge in [0, 0.05) is 49.0 Å². The van der Waals surface area contributed by atoms with Crippen molar-refractivity contribution in [2.24, 2.45) is 0 Å². The Kier molecular flexibility index (Phi) is 6.83. The number of benzene rings is 8. The fourth-order valence-electron chi connectivity index (χ4n) is 8.31. The molecule has 6 nitrogen and oxygen atoms in total. The van der Waals surface area contributed by atoms with E-state index in [1.165, 1.54) is 0 Å². The third-order valence-electron chi connectivity index (χ3n) is 11.0. The van der Waals surface area contributed by atoms with Gasteiger partial charge in [-0.05, 0) is 72.3 Å². The zero-order valence-corrected chi connectivity index (χ0v) is 30.4. The Morgan fingerprint density at radius 2 is 0.842 bits per heavy atom. The molecule has 0 atom stereocenters. The molecule has 0 unspecified atom stereocenters. The maximum absolute atomic E-state index is 6.96. The molecule has 0 aliphatic rings. The maximum Gasteiger partial charge on any atom is 0.308 e. The summed E-state index contributed by atoms with van der Waals surface area (Å²) in [5.74, 6) is 2.06. The second kappa shape index (κ2) is 12.3. The van der Waals surface area contributed by atoms with Crippen LogP contribution in [0, 0.1) is 0 Å². The summed E-state index contributed by atoms with van der Waals surface area (Å²) in [7, 11) is 0. The van der Waals surface area contributed by atoms with Crippen molar-refractivity contribution in [2.75, 3.05) is 0 Å². The van der Waals surface area contributed by atoms with Crippen molar-refractivity contribution in [1.82, 2.24) is 9.97 Å². The Labute approximate surface area is 325 Å². The van der Waals surface area contributed by atoms with Crippen molar-refractivity contribution in [2.45, 2.75) is 0 Å². The van der Waals surface area contributed by atoms with Gasteiger partial charge in [0.15, 0.2) is 0 Å². The van der Waals surface area contributed by atoms with Crippen molar-refractivity contribution >= 4 is 65.8 Å². The highest BCUT2D eigenvalue weighted by atomic mass is 16.3. The predicted molar refractivity (Wildman–Crippen MR) is 228 cm³/mol. The summed E-state index contributed by atoms with van der Waals surface area (Å²) in [6.07, 6.45) is 0. The number of furan rings is 3. The summed E-state index contributed by atoms with van der Waals surface area (Å²) in [6, 6.07) is 60.1. The molecule has 0 fully saturated rings. The van der Waals surface area contributed by atoms with Crippen LogP contribution in [-0.2, 0) is 0 Å². The second-order valence-corrected chi connectivity index (χ2v) is 14.4. The van der Waals surface area contributed by atoms with Crippen LogP contribution < -0.4 is 4.98 Å². The van der Waals surface area contributed by atoms with Crippen molar-refractivity contribution in [1.29, 1.82) is 0 Å². The minimum absolute atomic E-state index is 0.638. The lowest BCUT2D eigenvalue weighted by atomic mass is 9.94. The Morgan fingerprint density at radius 1 is 0.316 bits per heavy atom. The summed E-state index contributed by atoms with van der Waals surface area (Å²) in [5.41, 5.74) is 11.6. The van der Waals surface area contributed by atoms with Gasteiger partial charge >= 0.3 is 5.82 Å². The molecule has 0 saturated heterocycles. The van der Waals surface area contributed by atoms with Crippen LogP contribution in [0.1, 0.15) is 0 Å². The molecule has 8 aromatic carbocycles. The van der Waals surface area contributed by atoms with E-state index >= 15 is 0 Å². The molecule has 0 radical (unpaired) electrons. The SMILES string of the molecule is c1ccc(-c2nc(-c3ccccc3)[nH+]c(-c3ccc4c(c3)oc3c(-c5cccc6c5oc5ccccc56)cc(-c5cccc6c5oc5ccccc56)cc34)n2)cc1. The van der Waals surface area contributed by atoms with Crippen LogP contribution in [0.4, 0.5) is 0 Å². The average Bonchev–Trinajstić information content (AvgIpc) is 3.98. The highest BCUT2D eigenvalue weighted by Crippen LogP contribution is 2.45. The first-order valence-corrected chi connectivity index (χ1v) is 19.0. The smallest absolute Gasteiger partial charge is 0.308 e. The van der Waals surface area contributed by atoms with Gasteiger partial charge in [0.25, 0.3) is 11.6 Å². The number of hydrogen-bond acceptors (Lipinski definition) is 5. The second-order valence-electron chi connectivity index (χ2n) is 14.4. The third kappa shape index (κ3) is 5.01. The van der Waals surface area contributed by atoms with E-state index in [1.807, 2.05) is 91.0 Å². The zero-order valence-electron chi connectivity index (χ0n) is 30.4. The highest BCUT2D eigenvalue weighted by Gasteiger charge is 2.24. The topological polar surface area (TPSA) is 79.3 Å². The van der Waals surface area contributed by atoms with Crippen molar-refractivity contribution in [3.63, 3.8) is 0 Å². The molecule has 12 rings (SSSR count). The summed E-state index contributed by atoms with van der Waals surface area (Å²) < 4.78 is 20.1. The Bertz CT molecular complexity index is 3470. The Hall–Kier alpha value is -7.83. The fourth-order valence-corrected chi connectivity index (χ4v) is 8.31. The molecule has 1 N–H and O–H groups in total. The molecule has 0 aliphatic carbocycles. The van der Waals surface area contributed by atoms with Crippen molar-refractivity contribution in [3.05, 3.63) is 176 Å². The van der Waals surface area contributed by atoms with E-state index in [4.69, 9.17) is 23.2 Å². The molecule has 6 heteroatoms. The quantitative estimate of drug-likeness (QED) is 0.176. The van der Waals surface area contributed by atoms with Gasteiger partial charge in [0.2, 0.25) is 0 Å². The van der Waals surface area contributed by atoms with Crippen LogP contribution in [0.2, 0.25) is 0 Å². The van der Waals surface area contributed by atoms with E-state index in [-0.39, 0.29) is 0 Å². The van der Waals surface area contributed by atoms with Gasteiger partial charge in [-0.15, -0.1) is 0 Å². The minimum Gasteiger partial charge on any atom is -0.455 e. The van der Waals surface area contributed by atoms with Gasteiger partial charge in [-0.3, -0.25) is 0 Å². The lowest BCUT2D eigenvalue weighted by Crippen LogP contribution is -2.16. The van der Waals surface area contributed by atoms with E-state index in [1.54, 1.807) is 0 Å². The number of aromatic nitrogens is 3. The molecule has 0 spiro atoms. The summed E-state index contributed by atoms with van der Waals surface area (Å²) in [5, 5.41) is 6.29. The van der Waals surface area contributed by atoms with E-state index < -0.39 is 0 Å². The van der Waals surface area contributed by atoms with Crippen LogP contribution in [0.15, 0.2) is 189 Å². The number of fused-ring (bicyclic) bond motifs is 9. The lowest BCUT2D eigenvalue weighted by Gasteiger charge is -2.09. The lowest BCUT2D eigenvalue weighted by molar-refractivity contribution is -0.359. The van der Waals surface area contributed by atoms with Gasteiger partial charge in [-0.2, -0.15) is 0 Å². The highest BCUT2D eigenvalue weighted by molar-refractivity contribution is 6.17. The third-order valence-corrected chi connectivity index (χ3v) is 11.0. The molecule has 57 heavy (non-hydrogen) atoms. The van der Waals surface area contributed by atoms with E-state index in [9.17, 15) is 0 Å². The average molecular weight is 733 g/mol. The minimum atomic E-state index is 0.638.